The average Bonchev–Trinajstić information content (AvgIpc) is 2.76. The van der Waals surface area contributed by atoms with Gasteiger partial charge in [-0.2, -0.15) is 0 Å². The lowest BCUT2D eigenvalue weighted by Gasteiger charge is -2.25. The van der Waals surface area contributed by atoms with E-state index >= 15 is 0 Å². The monoisotopic (exact) mass is 270 g/mol. The van der Waals surface area contributed by atoms with Gasteiger partial charge in [0.1, 0.15) is 0 Å². The molecule has 1 amide bonds. The van der Waals surface area contributed by atoms with Gasteiger partial charge in [0.05, 0.1) is 6.42 Å². The largest absolute Gasteiger partial charge is 0.481 e. The lowest BCUT2D eigenvalue weighted by atomic mass is 9.85. The minimum atomic E-state index is -0.858. The van der Waals surface area contributed by atoms with Gasteiger partial charge in [0, 0.05) is 19.0 Å². The number of nitrogens with one attached hydrogen (secondary N) is 1. The third-order valence-corrected chi connectivity index (χ3v) is 3.63. The van der Waals surface area contributed by atoms with Crippen LogP contribution in [0.3, 0.4) is 0 Å². The molecule has 110 valence electrons. The van der Waals surface area contributed by atoms with E-state index in [1.165, 1.54) is 12.8 Å². The zero-order chi connectivity index (χ0) is 14.5. The summed E-state index contributed by atoms with van der Waals surface area (Å²) in [4.78, 5) is 24.9. The molecule has 0 aromatic carbocycles. The van der Waals surface area contributed by atoms with Crippen molar-refractivity contribution in [2.24, 2.45) is 5.41 Å². The fraction of sp³-hybridized carbons (Fsp3) is 0.857. The summed E-state index contributed by atoms with van der Waals surface area (Å²) in [5.74, 6) is -0.916. The van der Waals surface area contributed by atoms with Crippen LogP contribution in [0.1, 0.15) is 46.5 Å². The van der Waals surface area contributed by atoms with Crippen LogP contribution in [-0.4, -0.2) is 47.6 Å². The molecule has 1 heterocycles. The molecule has 1 fully saturated rings. The molecule has 1 aliphatic rings. The molecule has 1 saturated heterocycles. The van der Waals surface area contributed by atoms with Crippen molar-refractivity contribution in [1.29, 1.82) is 0 Å². The van der Waals surface area contributed by atoms with Gasteiger partial charge in [-0.1, -0.05) is 13.8 Å². The summed E-state index contributed by atoms with van der Waals surface area (Å²) < 4.78 is 0. The fourth-order valence-electron chi connectivity index (χ4n) is 2.54. The van der Waals surface area contributed by atoms with Gasteiger partial charge in [0.25, 0.3) is 0 Å². The number of carbonyl (C=O) groups is 2. The van der Waals surface area contributed by atoms with Crippen molar-refractivity contribution < 1.29 is 14.7 Å². The molecule has 0 aromatic heterocycles. The second-order valence-corrected chi connectivity index (χ2v) is 6.31. The first-order chi connectivity index (χ1) is 8.80. The quantitative estimate of drug-likeness (QED) is 0.735. The number of hydrogen-bond acceptors (Lipinski definition) is 3. The van der Waals surface area contributed by atoms with E-state index in [4.69, 9.17) is 5.11 Å². The van der Waals surface area contributed by atoms with Crippen LogP contribution < -0.4 is 5.32 Å². The van der Waals surface area contributed by atoms with Crippen LogP contribution in [0.2, 0.25) is 0 Å². The number of carboxylic acid groups (broad SMARTS) is 1. The number of carboxylic acids is 1. The Bertz CT molecular complexity index is 323. The van der Waals surface area contributed by atoms with E-state index in [0.29, 0.717) is 12.6 Å². The molecule has 5 heteroatoms. The highest BCUT2D eigenvalue weighted by Gasteiger charge is 2.25. The molecule has 0 aliphatic carbocycles. The maximum absolute atomic E-state index is 11.8. The van der Waals surface area contributed by atoms with Crippen molar-refractivity contribution in [3.63, 3.8) is 0 Å². The molecule has 2 N–H and O–H groups in total. The van der Waals surface area contributed by atoms with E-state index in [0.717, 1.165) is 13.1 Å². The van der Waals surface area contributed by atoms with Gasteiger partial charge in [-0.05, 0) is 38.3 Å². The summed E-state index contributed by atoms with van der Waals surface area (Å²) >= 11 is 0. The lowest BCUT2D eigenvalue weighted by Crippen LogP contribution is -2.41. The number of aliphatic carboxylic acids is 1. The second kappa shape index (κ2) is 6.89. The van der Waals surface area contributed by atoms with Gasteiger partial charge in [0.2, 0.25) is 5.91 Å². The first-order valence-electron chi connectivity index (χ1n) is 7.03. The highest BCUT2D eigenvalue weighted by atomic mass is 16.4. The first kappa shape index (κ1) is 16.0. The molecule has 0 bridgehead atoms. The van der Waals surface area contributed by atoms with Gasteiger partial charge in [0.15, 0.2) is 0 Å². The van der Waals surface area contributed by atoms with Crippen LogP contribution in [0.25, 0.3) is 0 Å². The van der Waals surface area contributed by atoms with E-state index in [9.17, 15) is 9.59 Å². The van der Waals surface area contributed by atoms with Crippen LogP contribution in [0.4, 0.5) is 0 Å². The van der Waals surface area contributed by atoms with Crippen molar-refractivity contribution >= 4 is 11.9 Å². The van der Waals surface area contributed by atoms with Crippen molar-refractivity contribution in [2.75, 3.05) is 19.6 Å². The van der Waals surface area contributed by atoms with Crippen molar-refractivity contribution in [1.82, 2.24) is 10.2 Å². The first-order valence-corrected chi connectivity index (χ1v) is 7.03. The zero-order valence-corrected chi connectivity index (χ0v) is 12.2. The second-order valence-electron chi connectivity index (χ2n) is 6.31. The van der Waals surface area contributed by atoms with Gasteiger partial charge in [-0.3, -0.25) is 14.5 Å². The average molecular weight is 270 g/mol. The van der Waals surface area contributed by atoms with E-state index in [1.54, 1.807) is 0 Å². The highest BCUT2D eigenvalue weighted by Crippen LogP contribution is 2.24. The number of carbonyl (C=O) groups excluding carboxylic acids is 1. The third-order valence-electron chi connectivity index (χ3n) is 3.63. The van der Waals surface area contributed by atoms with Crippen molar-refractivity contribution in [2.45, 2.75) is 52.5 Å². The predicted octanol–water partition coefficient (Wildman–Crippen LogP) is 1.48. The summed E-state index contributed by atoms with van der Waals surface area (Å²) in [7, 11) is 0. The van der Waals surface area contributed by atoms with Gasteiger partial charge < -0.3 is 10.4 Å². The molecule has 1 aliphatic heterocycles. The molecular formula is C14H26N2O3. The normalized spacial score (nSPS) is 18.3. The van der Waals surface area contributed by atoms with Crippen LogP contribution >= 0.6 is 0 Å². The Morgan fingerprint density at radius 2 is 1.84 bits per heavy atom. The third kappa shape index (κ3) is 6.05. The minimum Gasteiger partial charge on any atom is -0.481 e. The van der Waals surface area contributed by atoms with Gasteiger partial charge in [-0.15, -0.1) is 0 Å². The van der Waals surface area contributed by atoms with E-state index < -0.39 is 11.4 Å². The van der Waals surface area contributed by atoms with Crippen LogP contribution in [0.5, 0.6) is 0 Å². The van der Waals surface area contributed by atoms with Crippen LogP contribution in [0, 0.1) is 5.41 Å². The number of rotatable bonds is 7. The molecule has 19 heavy (non-hydrogen) atoms. The number of likely N-dealkylation sites (tertiary alicyclic amines) is 1. The van der Waals surface area contributed by atoms with Gasteiger partial charge >= 0.3 is 5.97 Å². The van der Waals surface area contributed by atoms with E-state index in [1.807, 2.05) is 13.8 Å². The molecule has 0 spiro atoms. The Labute approximate surface area is 115 Å². The summed E-state index contributed by atoms with van der Waals surface area (Å²) in [6, 6.07) is 0.356. The Hall–Kier alpha value is -1.10. The molecule has 0 saturated carbocycles. The predicted molar refractivity (Wildman–Crippen MR) is 73.9 cm³/mol. The zero-order valence-electron chi connectivity index (χ0n) is 12.2. The van der Waals surface area contributed by atoms with Crippen molar-refractivity contribution in [3.8, 4) is 0 Å². The van der Waals surface area contributed by atoms with Crippen LogP contribution in [-0.2, 0) is 9.59 Å². The molecule has 5 nitrogen and oxygen atoms in total. The highest BCUT2D eigenvalue weighted by molar-refractivity contribution is 5.77. The minimum absolute atomic E-state index is 0.0160. The molecule has 1 rings (SSSR count). The Morgan fingerprint density at radius 1 is 1.26 bits per heavy atom. The molecular weight excluding hydrogens is 244 g/mol. The lowest BCUT2D eigenvalue weighted by molar-refractivity contribution is -0.139. The van der Waals surface area contributed by atoms with Crippen molar-refractivity contribution in [3.05, 3.63) is 0 Å². The number of nitrogens with zero attached hydrogens (tertiary/aromatic N) is 1. The standard InChI is InChI=1S/C14H26N2O3/c1-11(16-6-4-5-7-16)10-15-12(17)8-14(2,3)9-13(18)19/h11H,4-10H2,1-3H3,(H,15,17)(H,18,19). The molecule has 0 radical (unpaired) electrons. The summed E-state index contributed by atoms with van der Waals surface area (Å²) in [6.45, 7) is 8.61. The maximum Gasteiger partial charge on any atom is 0.303 e. The SMILES string of the molecule is CC(CNC(=O)CC(C)(C)CC(=O)O)N1CCCC1. The van der Waals surface area contributed by atoms with Crippen LogP contribution in [0.15, 0.2) is 0 Å². The Kier molecular flexibility index (Phi) is 5.79. The number of amides is 1. The Balaban J connectivity index is 2.28. The fourth-order valence-corrected chi connectivity index (χ4v) is 2.54. The maximum atomic E-state index is 11.8. The van der Waals surface area contributed by atoms with Gasteiger partial charge in [-0.25, -0.2) is 0 Å². The smallest absolute Gasteiger partial charge is 0.303 e. The summed E-state index contributed by atoms with van der Waals surface area (Å²) in [6.07, 6.45) is 2.75. The molecule has 1 unspecified atom stereocenters. The molecule has 0 aromatic rings. The topological polar surface area (TPSA) is 69.6 Å². The van der Waals surface area contributed by atoms with E-state index in [-0.39, 0.29) is 18.7 Å². The summed E-state index contributed by atoms with van der Waals surface area (Å²) in [5.41, 5.74) is -0.493. The Morgan fingerprint density at radius 3 is 2.37 bits per heavy atom. The summed E-state index contributed by atoms with van der Waals surface area (Å²) in [5, 5.41) is 11.7. The number of hydrogen-bond donors (Lipinski definition) is 2. The molecule has 1 atom stereocenters. The van der Waals surface area contributed by atoms with E-state index in [2.05, 4.69) is 17.1 Å².